The first-order valence-corrected chi connectivity index (χ1v) is 7.50. The third kappa shape index (κ3) is 4.31. The van der Waals surface area contributed by atoms with Crippen molar-refractivity contribution < 1.29 is 9.53 Å². The van der Waals surface area contributed by atoms with Crippen LogP contribution in [0.2, 0.25) is 0 Å². The van der Waals surface area contributed by atoms with Gasteiger partial charge in [-0.2, -0.15) is 0 Å². The predicted octanol–water partition coefficient (Wildman–Crippen LogP) is 1.80. The zero-order valence-corrected chi connectivity index (χ0v) is 12.8. The third-order valence-corrected chi connectivity index (χ3v) is 4.35. The number of amides is 1. The summed E-state index contributed by atoms with van der Waals surface area (Å²) < 4.78 is 8.38. The average molecular weight is 330 g/mol. The summed E-state index contributed by atoms with van der Waals surface area (Å²) in [5, 5.41) is 2.93. The van der Waals surface area contributed by atoms with E-state index >= 15 is 0 Å². The molecule has 19 heavy (non-hydrogen) atoms. The maximum absolute atomic E-state index is 11.7. The molecule has 2 rings (SSSR count). The Morgan fingerprint density at radius 1 is 1.68 bits per heavy atom. The SMILES string of the molecule is Cn1cnc(CCNC(=O)CCC2CCCO2)c1Br. The minimum atomic E-state index is 0.0996. The quantitative estimate of drug-likeness (QED) is 0.865. The van der Waals surface area contributed by atoms with Gasteiger partial charge in [0.05, 0.1) is 18.1 Å². The van der Waals surface area contributed by atoms with Crippen LogP contribution < -0.4 is 5.32 Å². The van der Waals surface area contributed by atoms with Crippen LogP contribution in [0.25, 0.3) is 0 Å². The van der Waals surface area contributed by atoms with Crippen LogP contribution in [0.15, 0.2) is 10.9 Å². The van der Waals surface area contributed by atoms with Crippen molar-refractivity contribution in [2.75, 3.05) is 13.2 Å². The highest BCUT2D eigenvalue weighted by Gasteiger charge is 2.16. The first-order chi connectivity index (χ1) is 9.16. The second-order valence-electron chi connectivity index (χ2n) is 4.87. The lowest BCUT2D eigenvalue weighted by Gasteiger charge is -2.09. The Balaban J connectivity index is 1.62. The number of halogens is 1. The van der Waals surface area contributed by atoms with E-state index in [1.165, 1.54) is 0 Å². The number of hydrogen-bond donors (Lipinski definition) is 1. The van der Waals surface area contributed by atoms with Crippen molar-refractivity contribution in [2.45, 2.75) is 38.2 Å². The van der Waals surface area contributed by atoms with Crippen LogP contribution in [-0.2, 0) is 23.0 Å². The molecule has 0 spiro atoms. The zero-order chi connectivity index (χ0) is 13.7. The molecule has 2 heterocycles. The highest BCUT2D eigenvalue weighted by molar-refractivity contribution is 9.10. The number of rotatable bonds is 6. The molecule has 1 aromatic heterocycles. The van der Waals surface area contributed by atoms with Crippen molar-refractivity contribution in [1.29, 1.82) is 0 Å². The Hall–Kier alpha value is -0.880. The smallest absolute Gasteiger partial charge is 0.220 e. The van der Waals surface area contributed by atoms with Gasteiger partial charge in [0, 0.05) is 33.0 Å². The summed E-state index contributed by atoms with van der Waals surface area (Å²) in [4.78, 5) is 15.9. The van der Waals surface area contributed by atoms with Crippen molar-refractivity contribution in [3.8, 4) is 0 Å². The fraction of sp³-hybridized carbons (Fsp3) is 0.692. The van der Waals surface area contributed by atoms with E-state index < -0.39 is 0 Å². The molecule has 0 bridgehead atoms. The highest BCUT2D eigenvalue weighted by Crippen LogP contribution is 2.16. The van der Waals surface area contributed by atoms with Crippen LogP contribution in [-0.4, -0.2) is 34.7 Å². The second kappa shape index (κ2) is 7.05. The number of carbonyl (C=O) groups is 1. The van der Waals surface area contributed by atoms with Gasteiger partial charge >= 0.3 is 0 Å². The predicted molar refractivity (Wildman–Crippen MR) is 75.8 cm³/mol. The van der Waals surface area contributed by atoms with E-state index in [4.69, 9.17) is 4.74 Å². The minimum Gasteiger partial charge on any atom is -0.378 e. The van der Waals surface area contributed by atoms with E-state index in [0.717, 1.165) is 42.6 Å². The summed E-state index contributed by atoms with van der Waals surface area (Å²) in [6, 6.07) is 0. The molecular weight excluding hydrogens is 310 g/mol. The molecule has 1 fully saturated rings. The van der Waals surface area contributed by atoms with Crippen LogP contribution in [0.3, 0.4) is 0 Å². The Morgan fingerprint density at radius 3 is 3.16 bits per heavy atom. The van der Waals surface area contributed by atoms with Crippen LogP contribution >= 0.6 is 15.9 Å². The van der Waals surface area contributed by atoms with Crippen molar-refractivity contribution >= 4 is 21.8 Å². The van der Waals surface area contributed by atoms with E-state index in [2.05, 4.69) is 26.2 Å². The van der Waals surface area contributed by atoms with E-state index in [1.807, 2.05) is 11.6 Å². The van der Waals surface area contributed by atoms with Gasteiger partial charge in [-0.3, -0.25) is 4.79 Å². The Kier molecular flexibility index (Phi) is 5.39. The maximum atomic E-state index is 11.7. The summed E-state index contributed by atoms with van der Waals surface area (Å²) in [5.74, 6) is 0.0996. The number of carbonyl (C=O) groups excluding carboxylic acids is 1. The van der Waals surface area contributed by atoms with Gasteiger partial charge in [0.15, 0.2) is 0 Å². The monoisotopic (exact) mass is 329 g/mol. The summed E-state index contributed by atoms with van der Waals surface area (Å²) in [6.07, 6.45) is 6.39. The van der Waals surface area contributed by atoms with Crippen molar-refractivity contribution in [3.63, 3.8) is 0 Å². The topological polar surface area (TPSA) is 56.2 Å². The molecule has 1 atom stereocenters. The molecule has 1 unspecified atom stereocenters. The van der Waals surface area contributed by atoms with Crippen LogP contribution in [0, 0.1) is 0 Å². The van der Waals surface area contributed by atoms with Gasteiger partial charge in [0.25, 0.3) is 0 Å². The Morgan fingerprint density at radius 2 is 2.53 bits per heavy atom. The summed E-state index contributed by atoms with van der Waals surface area (Å²) in [5.41, 5.74) is 0.974. The maximum Gasteiger partial charge on any atom is 0.220 e. The molecule has 106 valence electrons. The normalized spacial score (nSPS) is 18.7. The fourth-order valence-electron chi connectivity index (χ4n) is 2.20. The highest BCUT2D eigenvalue weighted by atomic mass is 79.9. The van der Waals surface area contributed by atoms with Gasteiger partial charge in [-0.1, -0.05) is 0 Å². The summed E-state index contributed by atoms with van der Waals surface area (Å²) in [6.45, 7) is 1.47. The zero-order valence-electron chi connectivity index (χ0n) is 11.2. The lowest BCUT2D eigenvalue weighted by molar-refractivity contribution is -0.121. The molecule has 0 radical (unpaired) electrons. The van der Waals surface area contributed by atoms with Gasteiger partial charge in [-0.15, -0.1) is 0 Å². The first kappa shape index (κ1) is 14.5. The molecule has 5 nitrogen and oxygen atoms in total. The number of hydrogen-bond acceptors (Lipinski definition) is 3. The van der Waals surface area contributed by atoms with E-state index in [1.54, 1.807) is 6.33 Å². The van der Waals surface area contributed by atoms with Crippen molar-refractivity contribution in [3.05, 3.63) is 16.6 Å². The van der Waals surface area contributed by atoms with Crippen LogP contribution in [0.4, 0.5) is 0 Å². The first-order valence-electron chi connectivity index (χ1n) is 6.71. The van der Waals surface area contributed by atoms with Gasteiger partial charge < -0.3 is 14.6 Å². The number of nitrogens with one attached hydrogen (secondary N) is 1. The summed E-state index contributed by atoms with van der Waals surface area (Å²) in [7, 11) is 1.93. The number of nitrogens with zero attached hydrogens (tertiary/aromatic N) is 2. The van der Waals surface area contributed by atoms with Crippen molar-refractivity contribution in [2.24, 2.45) is 7.05 Å². The standard InChI is InChI=1S/C13H20BrN3O2/c1-17-9-16-11(13(17)14)6-7-15-12(18)5-4-10-3-2-8-19-10/h9-10H,2-8H2,1H3,(H,15,18). The number of aryl methyl sites for hydroxylation is 1. The number of imidazole rings is 1. The molecule has 6 heteroatoms. The lowest BCUT2D eigenvalue weighted by atomic mass is 10.1. The third-order valence-electron chi connectivity index (χ3n) is 3.34. The van der Waals surface area contributed by atoms with E-state index in [9.17, 15) is 4.79 Å². The fourth-order valence-corrected chi connectivity index (χ4v) is 2.60. The molecule has 0 aromatic carbocycles. The van der Waals surface area contributed by atoms with Crippen molar-refractivity contribution in [1.82, 2.24) is 14.9 Å². The van der Waals surface area contributed by atoms with Gasteiger partial charge in [-0.25, -0.2) is 4.98 Å². The van der Waals surface area contributed by atoms with Gasteiger partial charge in [-0.05, 0) is 35.2 Å². The number of aromatic nitrogens is 2. The van der Waals surface area contributed by atoms with E-state index in [0.29, 0.717) is 13.0 Å². The molecule has 1 amide bonds. The molecule has 1 N–H and O–H groups in total. The molecule has 0 saturated carbocycles. The molecule has 1 saturated heterocycles. The molecule has 1 aliphatic heterocycles. The van der Waals surface area contributed by atoms with Crippen LogP contribution in [0.5, 0.6) is 0 Å². The largest absolute Gasteiger partial charge is 0.378 e. The molecule has 1 aliphatic rings. The lowest BCUT2D eigenvalue weighted by Crippen LogP contribution is -2.26. The Labute approximate surface area is 121 Å². The van der Waals surface area contributed by atoms with Crippen LogP contribution in [0.1, 0.15) is 31.4 Å². The summed E-state index contributed by atoms with van der Waals surface area (Å²) >= 11 is 3.46. The Bertz CT molecular complexity index is 428. The van der Waals surface area contributed by atoms with Gasteiger partial charge in [0.2, 0.25) is 5.91 Å². The minimum absolute atomic E-state index is 0.0996. The average Bonchev–Trinajstić information content (AvgIpc) is 3.01. The number of ether oxygens (including phenoxy) is 1. The molecular formula is C13H20BrN3O2. The molecule has 0 aliphatic carbocycles. The van der Waals surface area contributed by atoms with Gasteiger partial charge in [0.1, 0.15) is 4.60 Å². The van der Waals surface area contributed by atoms with E-state index in [-0.39, 0.29) is 12.0 Å². The molecule has 1 aromatic rings. The second-order valence-corrected chi connectivity index (χ2v) is 5.62.